The topological polar surface area (TPSA) is 91.4 Å². The van der Waals surface area contributed by atoms with Gasteiger partial charge in [-0.25, -0.2) is 13.4 Å². The van der Waals surface area contributed by atoms with Crippen LogP contribution in [0.1, 0.15) is 32.3 Å². The molecule has 1 aliphatic rings. The number of pyridine rings is 1. The van der Waals surface area contributed by atoms with Crippen LogP contribution in [0, 0.1) is 5.92 Å². The van der Waals surface area contributed by atoms with Crippen LogP contribution >= 0.6 is 11.3 Å². The molecule has 3 heterocycles. The fourth-order valence-corrected chi connectivity index (χ4v) is 5.48. The number of rotatable bonds is 8. The minimum absolute atomic E-state index is 0.188. The number of hydrogen-bond donors (Lipinski definition) is 2. The summed E-state index contributed by atoms with van der Waals surface area (Å²) in [4.78, 5) is 19.3. The Bertz CT molecular complexity index is 892. The molecule has 0 radical (unpaired) electrons. The molecular formula is C19H26N4O3S2. The van der Waals surface area contributed by atoms with E-state index in [4.69, 9.17) is 0 Å². The van der Waals surface area contributed by atoms with Gasteiger partial charge in [0.05, 0.1) is 0 Å². The van der Waals surface area contributed by atoms with Crippen molar-refractivity contribution >= 4 is 33.1 Å². The van der Waals surface area contributed by atoms with Crippen LogP contribution in [-0.4, -0.2) is 38.4 Å². The highest BCUT2D eigenvalue weighted by Gasteiger charge is 2.28. The first kappa shape index (κ1) is 20.8. The lowest BCUT2D eigenvalue weighted by atomic mass is 10.0. The standard InChI is InChI=1S/C19H26N4O3S2/c1-14(2)18(22-28(25,26)17-6-5-11-27-17)19(24)21-13-15-7-8-20-16(12-15)23-9-3-4-10-23/h5-8,11-12,14,18,22H,3-4,9-10,13H2,1-2H3,(H,21,24)/t18-/m0/s1. The number of amides is 1. The molecule has 0 aromatic carbocycles. The summed E-state index contributed by atoms with van der Waals surface area (Å²) in [5.74, 6) is 0.394. The van der Waals surface area contributed by atoms with Gasteiger partial charge in [-0.15, -0.1) is 11.3 Å². The number of aromatic nitrogens is 1. The minimum atomic E-state index is -3.72. The summed E-state index contributed by atoms with van der Waals surface area (Å²) in [6.07, 6.45) is 4.08. The van der Waals surface area contributed by atoms with E-state index < -0.39 is 16.1 Å². The number of nitrogens with one attached hydrogen (secondary N) is 2. The van der Waals surface area contributed by atoms with Gasteiger partial charge in [-0.2, -0.15) is 4.72 Å². The molecule has 0 bridgehead atoms. The number of anilines is 1. The van der Waals surface area contributed by atoms with Crippen molar-refractivity contribution in [3.63, 3.8) is 0 Å². The molecule has 2 aromatic rings. The van der Waals surface area contributed by atoms with E-state index in [0.29, 0.717) is 6.54 Å². The molecule has 3 rings (SSSR count). The molecule has 9 heteroatoms. The monoisotopic (exact) mass is 422 g/mol. The zero-order valence-electron chi connectivity index (χ0n) is 16.1. The second kappa shape index (κ2) is 9.02. The molecule has 2 N–H and O–H groups in total. The Morgan fingerprint density at radius 1 is 1.29 bits per heavy atom. The van der Waals surface area contributed by atoms with E-state index in [1.807, 2.05) is 26.0 Å². The molecule has 0 aliphatic carbocycles. The number of nitrogens with zero attached hydrogens (tertiary/aromatic N) is 2. The lowest BCUT2D eigenvalue weighted by Crippen LogP contribution is -2.49. The van der Waals surface area contributed by atoms with Gasteiger partial charge in [-0.3, -0.25) is 4.79 Å². The summed E-state index contributed by atoms with van der Waals surface area (Å²) in [7, 11) is -3.72. The first-order chi connectivity index (χ1) is 13.4. The summed E-state index contributed by atoms with van der Waals surface area (Å²) >= 11 is 1.13. The van der Waals surface area contributed by atoms with E-state index in [0.717, 1.165) is 35.8 Å². The predicted octanol–water partition coefficient (Wildman–Crippen LogP) is 2.36. The lowest BCUT2D eigenvalue weighted by molar-refractivity contribution is -0.123. The average molecular weight is 423 g/mol. The maximum atomic E-state index is 12.7. The van der Waals surface area contributed by atoms with Gasteiger partial charge in [-0.1, -0.05) is 19.9 Å². The Balaban J connectivity index is 1.64. The summed E-state index contributed by atoms with van der Waals surface area (Å²) in [6, 6.07) is 6.20. The molecule has 0 saturated carbocycles. The van der Waals surface area contributed by atoms with Crippen molar-refractivity contribution in [3.05, 3.63) is 41.4 Å². The van der Waals surface area contributed by atoms with Crippen LogP contribution in [0.5, 0.6) is 0 Å². The Labute approximate surface area is 170 Å². The largest absolute Gasteiger partial charge is 0.357 e. The molecule has 152 valence electrons. The van der Waals surface area contributed by atoms with Crippen molar-refractivity contribution < 1.29 is 13.2 Å². The molecule has 1 atom stereocenters. The van der Waals surface area contributed by atoms with Crippen molar-refractivity contribution in [2.45, 2.75) is 43.5 Å². The molecular weight excluding hydrogens is 396 g/mol. The summed E-state index contributed by atoms with van der Waals surface area (Å²) in [5, 5.41) is 4.55. The van der Waals surface area contributed by atoms with Crippen LogP contribution in [0.25, 0.3) is 0 Å². The second-order valence-corrected chi connectivity index (χ2v) is 10.1. The second-order valence-electron chi connectivity index (χ2n) is 7.21. The molecule has 7 nitrogen and oxygen atoms in total. The summed E-state index contributed by atoms with van der Waals surface area (Å²) < 4.78 is 27.7. The number of carbonyl (C=O) groups excluding carboxylic acids is 1. The van der Waals surface area contributed by atoms with Crippen LogP contribution < -0.4 is 14.9 Å². The van der Waals surface area contributed by atoms with Gasteiger partial charge >= 0.3 is 0 Å². The van der Waals surface area contributed by atoms with Crippen molar-refractivity contribution in [2.24, 2.45) is 5.92 Å². The van der Waals surface area contributed by atoms with Gasteiger partial charge < -0.3 is 10.2 Å². The molecule has 1 amide bonds. The molecule has 1 aliphatic heterocycles. The van der Waals surface area contributed by atoms with Gasteiger partial charge in [0, 0.05) is 25.8 Å². The normalized spacial score (nSPS) is 15.8. The van der Waals surface area contributed by atoms with E-state index in [2.05, 4.69) is 19.9 Å². The van der Waals surface area contributed by atoms with Crippen molar-refractivity contribution in [1.82, 2.24) is 15.0 Å². The minimum Gasteiger partial charge on any atom is -0.357 e. The van der Waals surface area contributed by atoms with Crippen molar-refractivity contribution in [1.29, 1.82) is 0 Å². The highest BCUT2D eigenvalue weighted by molar-refractivity contribution is 7.91. The van der Waals surface area contributed by atoms with Crippen LogP contribution in [0.2, 0.25) is 0 Å². The van der Waals surface area contributed by atoms with Crippen molar-refractivity contribution in [3.8, 4) is 0 Å². The molecule has 2 aromatic heterocycles. The smallest absolute Gasteiger partial charge is 0.250 e. The Kier molecular flexibility index (Phi) is 6.69. The van der Waals surface area contributed by atoms with E-state index in [1.54, 1.807) is 17.6 Å². The summed E-state index contributed by atoms with van der Waals surface area (Å²) in [5.41, 5.74) is 0.939. The summed E-state index contributed by atoms with van der Waals surface area (Å²) in [6.45, 7) is 5.97. The quantitative estimate of drug-likeness (QED) is 0.681. The Morgan fingerprint density at radius 2 is 2.04 bits per heavy atom. The molecule has 28 heavy (non-hydrogen) atoms. The lowest BCUT2D eigenvalue weighted by Gasteiger charge is -2.21. The van der Waals surface area contributed by atoms with Gasteiger partial charge in [0.1, 0.15) is 16.1 Å². The third-order valence-electron chi connectivity index (χ3n) is 4.70. The third-order valence-corrected chi connectivity index (χ3v) is 7.54. The van der Waals surface area contributed by atoms with Crippen LogP contribution in [0.3, 0.4) is 0 Å². The van der Waals surface area contributed by atoms with E-state index in [-0.39, 0.29) is 16.0 Å². The number of sulfonamides is 1. The van der Waals surface area contributed by atoms with Crippen LogP contribution in [-0.2, 0) is 21.4 Å². The van der Waals surface area contributed by atoms with Crippen molar-refractivity contribution in [2.75, 3.05) is 18.0 Å². The number of carbonyl (C=O) groups is 1. The van der Waals surface area contributed by atoms with Gasteiger partial charge in [0.25, 0.3) is 10.0 Å². The predicted molar refractivity (Wildman–Crippen MR) is 111 cm³/mol. The van der Waals surface area contributed by atoms with Crippen LogP contribution in [0.4, 0.5) is 5.82 Å². The van der Waals surface area contributed by atoms with Gasteiger partial charge in [-0.05, 0) is 47.9 Å². The Morgan fingerprint density at radius 3 is 2.68 bits per heavy atom. The van der Waals surface area contributed by atoms with E-state index in [9.17, 15) is 13.2 Å². The first-order valence-corrected chi connectivity index (χ1v) is 11.8. The maximum Gasteiger partial charge on any atom is 0.250 e. The molecule has 0 spiro atoms. The SMILES string of the molecule is CC(C)[C@H](NS(=O)(=O)c1cccs1)C(=O)NCc1ccnc(N2CCCC2)c1. The zero-order valence-corrected chi connectivity index (χ0v) is 17.7. The highest BCUT2D eigenvalue weighted by Crippen LogP contribution is 2.19. The van der Waals surface area contributed by atoms with Crippen LogP contribution in [0.15, 0.2) is 40.1 Å². The van der Waals surface area contributed by atoms with E-state index in [1.165, 1.54) is 18.9 Å². The maximum absolute atomic E-state index is 12.7. The van der Waals surface area contributed by atoms with Gasteiger partial charge in [0.15, 0.2) is 0 Å². The fraction of sp³-hybridized carbons (Fsp3) is 0.474. The third kappa shape index (κ3) is 5.09. The Hall–Kier alpha value is -1.97. The zero-order chi connectivity index (χ0) is 20.1. The van der Waals surface area contributed by atoms with E-state index >= 15 is 0 Å². The fourth-order valence-electron chi connectivity index (χ4n) is 3.12. The van der Waals surface area contributed by atoms with Gasteiger partial charge in [0.2, 0.25) is 5.91 Å². The number of thiophene rings is 1. The number of hydrogen-bond acceptors (Lipinski definition) is 6. The highest BCUT2D eigenvalue weighted by atomic mass is 32.2. The first-order valence-electron chi connectivity index (χ1n) is 9.40. The molecule has 1 saturated heterocycles. The average Bonchev–Trinajstić information content (AvgIpc) is 3.38. The molecule has 1 fully saturated rings. The molecule has 0 unspecified atom stereocenters.